The van der Waals surface area contributed by atoms with Crippen molar-refractivity contribution < 1.29 is 27.8 Å². The zero-order valence-corrected chi connectivity index (χ0v) is 13.0. The van der Waals surface area contributed by atoms with Gasteiger partial charge in [0.2, 0.25) is 0 Å². The predicted octanol–water partition coefficient (Wildman–Crippen LogP) is 2.51. The highest BCUT2D eigenvalue weighted by molar-refractivity contribution is 5.74. The minimum atomic E-state index is -4.43. The van der Waals surface area contributed by atoms with Crippen LogP contribution < -0.4 is 15.4 Å². The number of hydrogen-bond donors (Lipinski definition) is 3. The van der Waals surface area contributed by atoms with E-state index in [0.29, 0.717) is 12.0 Å². The Morgan fingerprint density at radius 3 is 2.65 bits per heavy atom. The van der Waals surface area contributed by atoms with Crippen molar-refractivity contribution in [3.05, 3.63) is 29.3 Å². The average Bonchev–Trinajstić information content (AvgIpc) is 2.48. The lowest BCUT2D eigenvalue weighted by Crippen LogP contribution is -2.43. The van der Waals surface area contributed by atoms with Crippen LogP contribution in [0.4, 0.5) is 18.0 Å². The highest BCUT2D eigenvalue weighted by Gasteiger charge is 2.28. The molecule has 0 radical (unpaired) electrons. The van der Waals surface area contributed by atoms with Crippen molar-refractivity contribution in [2.24, 2.45) is 0 Å². The molecule has 8 heteroatoms. The average molecular weight is 334 g/mol. The van der Waals surface area contributed by atoms with Crippen molar-refractivity contribution in [3.63, 3.8) is 0 Å². The summed E-state index contributed by atoms with van der Waals surface area (Å²) in [6.45, 7) is 1.98. The zero-order chi connectivity index (χ0) is 17.5. The number of halogens is 3. The molecule has 0 saturated heterocycles. The maximum atomic E-state index is 12.3. The summed E-state index contributed by atoms with van der Waals surface area (Å²) < 4.78 is 41.6. The van der Waals surface area contributed by atoms with Crippen LogP contribution in [-0.2, 0) is 6.54 Å². The number of carbonyl (C=O) groups excluding carboxylic acids is 1. The molecule has 0 saturated carbocycles. The van der Waals surface area contributed by atoms with Crippen LogP contribution in [-0.4, -0.2) is 36.6 Å². The van der Waals surface area contributed by atoms with Gasteiger partial charge in [0.25, 0.3) is 0 Å². The second kappa shape index (κ2) is 8.61. The number of benzene rings is 1. The molecule has 3 N–H and O–H groups in total. The fourth-order valence-corrected chi connectivity index (χ4v) is 1.79. The Hall–Kier alpha value is -1.96. The molecule has 0 aromatic heterocycles. The first-order chi connectivity index (χ1) is 10.7. The van der Waals surface area contributed by atoms with Crippen LogP contribution in [0.25, 0.3) is 0 Å². The molecule has 0 spiro atoms. The number of ether oxygens (including phenoxy) is 1. The van der Waals surface area contributed by atoms with Gasteiger partial charge in [0.05, 0.1) is 12.6 Å². The first kappa shape index (κ1) is 19.1. The highest BCUT2D eigenvalue weighted by Crippen LogP contribution is 2.23. The van der Waals surface area contributed by atoms with Crippen LogP contribution >= 0.6 is 0 Å². The Morgan fingerprint density at radius 1 is 1.39 bits per heavy atom. The van der Waals surface area contributed by atoms with Crippen molar-refractivity contribution in [1.29, 1.82) is 0 Å². The van der Waals surface area contributed by atoms with Gasteiger partial charge in [-0.3, -0.25) is 0 Å². The number of rotatable bonds is 7. The molecule has 1 aromatic rings. The third kappa shape index (κ3) is 7.23. The van der Waals surface area contributed by atoms with Gasteiger partial charge in [0, 0.05) is 12.1 Å². The molecule has 0 bridgehead atoms. The molecule has 1 unspecified atom stereocenters. The first-order valence-electron chi connectivity index (χ1n) is 7.19. The van der Waals surface area contributed by atoms with E-state index < -0.39 is 18.8 Å². The van der Waals surface area contributed by atoms with Crippen LogP contribution in [0.5, 0.6) is 5.75 Å². The number of aliphatic hydroxyl groups is 1. The number of hydrogen-bond acceptors (Lipinski definition) is 3. The SMILES string of the molecule is CCC(CO)NC(=O)NCc1ccc(C)cc1OCC(F)(F)F. The summed E-state index contributed by atoms with van der Waals surface area (Å²) in [7, 11) is 0. The van der Waals surface area contributed by atoms with Crippen molar-refractivity contribution in [1.82, 2.24) is 10.6 Å². The maximum absolute atomic E-state index is 12.3. The van der Waals surface area contributed by atoms with E-state index in [1.807, 2.05) is 6.92 Å². The third-order valence-electron chi connectivity index (χ3n) is 3.10. The second-order valence-electron chi connectivity index (χ2n) is 5.13. The van der Waals surface area contributed by atoms with Crippen LogP contribution in [0.2, 0.25) is 0 Å². The summed E-state index contributed by atoms with van der Waals surface area (Å²) in [6.07, 6.45) is -3.87. The number of nitrogens with one attached hydrogen (secondary N) is 2. The first-order valence-corrected chi connectivity index (χ1v) is 7.19. The Kier molecular flexibility index (Phi) is 7.15. The molecule has 0 aliphatic heterocycles. The number of urea groups is 1. The molecule has 1 aromatic carbocycles. The fourth-order valence-electron chi connectivity index (χ4n) is 1.79. The Bertz CT molecular complexity index is 517. The molecular weight excluding hydrogens is 313 g/mol. The van der Waals surface area contributed by atoms with E-state index >= 15 is 0 Å². The van der Waals surface area contributed by atoms with Crippen LogP contribution in [0.15, 0.2) is 18.2 Å². The molecule has 0 aliphatic rings. The second-order valence-corrected chi connectivity index (χ2v) is 5.13. The van der Waals surface area contributed by atoms with Gasteiger partial charge in [-0.2, -0.15) is 13.2 Å². The smallest absolute Gasteiger partial charge is 0.422 e. The number of alkyl halides is 3. The molecule has 2 amide bonds. The largest absolute Gasteiger partial charge is 0.484 e. The van der Waals surface area contributed by atoms with Crippen molar-refractivity contribution in [3.8, 4) is 5.75 Å². The molecule has 1 atom stereocenters. The van der Waals surface area contributed by atoms with Crippen LogP contribution in [0.3, 0.4) is 0 Å². The number of amides is 2. The van der Waals surface area contributed by atoms with Gasteiger partial charge in [-0.05, 0) is 25.0 Å². The number of aryl methyl sites for hydroxylation is 1. The summed E-state index contributed by atoms with van der Waals surface area (Å²) in [5, 5.41) is 14.1. The minimum Gasteiger partial charge on any atom is -0.484 e. The van der Waals surface area contributed by atoms with Gasteiger partial charge in [0.1, 0.15) is 5.75 Å². The molecule has 130 valence electrons. The van der Waals surface area contributed by atoms with E-state index in [2.05, 4.69) is 10.6 Å². The van der Waals surface area contributed by atoms with Crippen molar-refractivity contribution >= 4 is 6.03 Å². The molecule has 5 nitrogen and oxygen atoms in total. The van der Waals surface area contributed by atoms with Gasteiger partial charge < -0.3 is 20.5 Å². The molecule has 23 heavy (non-hydrogen) atoms. The third-order valence-corrected chi connectivity index (χ3v) is 3.10. The van der Waals surface area contributed by atoms with Gasteiger partial charge >= 0.3 is 12.2 Å². The maximum Gasteiger partial charge on any atom is 0.422 e. The van der Waals surface area contributed by atoms with Crippen molar-refractivity contribution in [2.75, 3.05) is 13.2 Å². The van der Waals surface area contributed by atoms with E-state index in [1.165, 1.54) is 6.07 Å². The van der Waals surface area contributed by atoms with Crippen LogP contribution in [0.1, 0.15) is 24.5 Å². The Morgan fingerprint density at radius 2 is 2.09 bits per heavy atom. The lowest BCUT2D eigenvalue weighted by Gasteiger charge is -2.17. The minimum absolute atomic E-state index is 0.0150. The number of aliphatic hydroxyl groups excluding tert-OH is 1. The van der Waals surface area contributed by atoms with Crippen LogP contribution in [0, 0.1) is 6.92 Å². The normalized spacial score (nSPS) is 12.6. The zero-order valence-electron chi connectivity index (χ0n) is 13.0. The van der Waals surface area contributed by atoms with E-state index in [4.69, 9.17) is 9.84 Å². The summed E-state index contributed by atoms with van der Waals surface area (Å²) in [6, 6.07) is 3.94. The molecule has 0 heterocycles. The Labute approximate surface area is 132 Å². The molecule has 1 rings (SSSR count). The highest BCUT2D eigenvalue weighted by atomic mass is 19.4. The summed E-state index contributed by atoms with van der Waals surface area (Å²) >= 11 is 0. The van der Waals surface area contributed by atoms with Gasteiger partial charge in [-0.15, -0.1) is 0 Å². The van der Waals surface area contributed by atoms with E-state index in [9.17, 15) is 18.0 Å². The van der Waals surface area contributed by atoms with Crippen molar-refractivity contribution in [2.45, 2.75) is 39.0 Å². The fraction of sp³-hybridized carbons (Fsp3) is 0.533. The lowest BCUT2D eigenvalue weighted by atomic mass is 10.1. The quantitative estimate of drug-likeness (QED) is 0.717. The lowest BCUT2D eigenvalue weighted by molar-refractivity contribution is -0.153. The summed E-state index contributed by atoms with van der Waals surface area (Å²) in [4.78, 5) is 11.7. The van der Waals surface area contributed by atoms with Gasteiger partial charge in [-0.25, -0.2) is 4.79 Å². The Balaban J connectivity index is 2.67. The monoisotopic (exact) mass is 334 g/mol. The topological polar surface area (TPSA) is 70.6 Å². The van der Waals surface area contributed by atoms with Gasteiger partial charge in [0.15, 0.2) is 6.61 Å². The molecule has 0 fully saturated rings. The van der Waals surface area contributed by atoms with E-state index in [0.717, 1.165) is 5.56 Å². The molecule has 0 aliphatic carbocycles. The van der Waals surface area contributed by atoms with Gasteiger partial charge in [-0.1, -0.05) is 19.1 Å². The summed E-state index contributed by atoms with van der Waals surface area (Å²) in [5.41, 5.74) is 1.19. The summed E-state index contributed by atoms with van der Waals surface area (Å²) in [5.74, 6) is 0.0804. The number of carbonyl (C=O) groups is 1. The molecular formula is C15H21F3N2O3. The van der Waals surface area contributed by atoms with E-state index in [1.54, 1.807) is 19.1 Å². The standard InChI is InChI=1S/C15H21F3N2O3/c1-3-12(8-21)20-14(22)19-7-11-5-4-10(2)6-13(11)23-9-15(16,17)18/h4-6,12,21H,3,7-9H2,1-2H3,(H2,19,20,22). The predicted molar refractivity (Wildman–Crippen MR) is 79.3 cm³/mol. The van der Waals surface area contributed by atoms with E-state index in [-0.39, 0.29) is 24.9 Å².